The van der Waals surface area contributed by atoms with E-state index < -0.39 is 0 Å². The summed E-state index contributed by atoms with van der Waals surface area (Å²) in [6.45, 7) is 4.50. The van der Waals surface area contributed by atoms with Crippen molar-refractivity contribution in [3.05, 3.63) is 0 Å². The summed E-state index contributed by atoms with van der Waals surface area (Å²) in [6, 6.07) is 0. The third-order valence-corrected chi connectivity index (χ3v) is 3.12. The molecule has 1 rings (SSSR count). The number of ketones is 1. The van der Waals surface area contributed by atoms with Crippen LogP contribution < -0.4 is 0 Å². The summed E-state index contributed by atoms with van der Waals surface area (Å²) in [5, 5.41) is 0. The zero-order valence-corrected chi connectivity index (χ0v) is 9.42. The maximum Gasteiger partial charge on any atom is 0.132 e. The van der Waals surface area contributed by atoms with Gasteiger partial charge < -0.3 is 4.74 Å². The Morgan fingerprint density at radius 2 is 2.21 bits per heavy atom. The Morgan fingerprint density at radius 3 is 2.86 bits per heavy atom. The normalized spacial score (nSPS) is 27.6. The molecule has 1 saturated carbocycles. The average molecular weight is 198 g/mol. The second kappa shape index (κ2) is 6.18. The molecule has 0 heterocycles. The van der Waals surface area contributed by atoms with Crippen molar-refractivity contribution in [2.75, 3.05) is 6.61 Å². The second-order valence-electron chi connectivity index (χ2n) is 4.39. The van der Waals surface area contributed by atoms with Crippen LogP contribution in [-0.4, -0.2) is 18.5 Å². The van der Waals surface area contributed by atoms with Crippen molar-refractivity contribution in [1.29, 1.82) is 0 Å². The molecule has 0 amide bonds. The van der Waals surface area contributed by atoms with Crippen LogP contribution in [0.3, 0.4) is 0 Å². The monoisotopic (exact) mass is 198 g/mol. The van der Waals surface area contributed by atoms with Gasteiger partial charge in [-0.2, -0.15) is 0 Å². The maximum absolute atomic E-state index is 10.7. The Balaban J connectivity index is 2.14. The van der Waals surface area contributed by atoms with Gasteiger partial charge in [-0.15, -0.1) is 0 Å². The van der Waals surface area contributed by atoms with E-state index in [9.17, 15) is 4.79 Å². The predicted molar refractivity (Wildman–Crippen MR) is 57.3 cm³/mol. The first kappa shape index (κ1) is 11.7. The lowest BCUT2D eigenvalue weighted by Crippen LogP contribution is -2.23. The van der Waals surface area contributed by atoms with Gasteiger partial charge in [0.25, 0.3) is 0 Å². The largest absolute Gasteiger partial charge is 0.378 e. The van der Waals surface area contributed by atoms with E-state index in [1.807, 2.05) is 0 Å². The summed E-state index contributed by atoms with van der Waals surface area (Å²) >= 11 is 0. The van der Waals surface area contributed by atoms with E-state index in [-0.39, 0.29) is 5.78 Å². The number of ether oxygens (including phenoxy) is 1. The van der Waals surface area contributed by atoms with Crippen LogP contribution in [0.1, 0.15) is 52.4 Å². The van der Waals surface area contributed by atoms with Gasteiger partial charge in [0.1, 0.15) is 5.78 Å². The van der Waals surface area contributed by atoms with Gasteiger partial charge in [-0.25, -0.2) is 0 Å². The van der Waals surface area contributed by atoms with Gasteiger partial charge in [0.2, 0.25) is 0 Å². The first-order valence-electron chi connectivity index (χ1n) is 5.83. The number of carbonyl (C=O) groups excluding carboxylic acids is 1. The Labute approximate surface area is 87.0 Å². The van der Waals surface area contributed by atoms with Crippen LogP contribution in [0.2, 0.25) is 0 Å². The van der Waals surface area contributed by atoms with E-state index in [0.717, 1.165) is 5.92 Å². The summed E-state index contributed by atoms with van der Waals surface area (Å²) in [5.41, 5.74) is 0. The minimum atomic E-state index is 0.229. The van der Waals surface area contributed by atoms with Gasteiger partial charge in [-0.3, -0.25) is 4.79 Å². The van der Waals surface area contributed by atoms with E-state index in [2.05, 4.69) is 6.92 Å². The summed E-state index contributed by atoms with van der Waals surface area (Å²) < 4.78 is 5.70. The molecule has 0 aliphatic heterocycles. The second-order valence-corrected chi connectivity index (χ2v) is 4.39. The first-order valence-corrected chi connectivity index (χ1v) is 5.83. The number of rotatable bonds is 5. The molecule has 1 aliphatic carbocycles. The molecular weight excluding hydrogens is 176 g/mol. The minimum Gasteiger partial charge on any atom is -0.378 e. The van der Waals surface area contributed by atoms with Crippen molar-refractivity contribution in [2.24, 2.45) is 5.92 Å². The number of hydrogen-bond donors (Lipinski definition) is 0. The highest BCUT2D eigenvalue weighted by Gasteiger charge is 2.20. The smallest absolute Gasteiger partial charge is 0.132 e. The summed E-state index contributed by atoms with van der Waals surface area (Å²) in [7, 11) is 0. The summed E-state index contributed by atoms with van der Waals surface area (Å²) in [5.74, 6) is 1.08. The van der Waals surface area contributed by atoms with Crippen LogP contribution in [0.5, 0.6) is 0 Å². The van der Waals surface area contributed by atoms with Crippen molar-refractivity contribution in [3.63, 3.8) is 0 Å². The average Bonchev–Trinajstić information content (AvgIpc) is 2.18. The Morgan fingerprint density at radius 1 is 1.43 bits per heavy atom. The summed E-state index contributed by atoms with van der Waals surface area (Å²) in [6.07, 6.45) is 7.32. The van der Waals surface area contributed by atoms with Crippen LogP contribution >= 0.6 is 0 Å². The number of carbonyl (C=O) groups is 1. The molecule has 0 bridgehead atoms. The predicted octanol–water partition coefficient (Wildman–Crippen LogP) is 2.95. The van der Waals surface area contributed by atoms with E-state index >= 15 is 0 Å². The third-order valence-electron chi connectivity index (χ3n) is 3.12. The molecule has 0 saturated heterocycles. The lowest BCUT2D eigenvalue weighted by Gasteiger charge is -2.28. The Bertz CT molecular complexity index is 177. The molecule has 0 spiro atoms. The lowest BCUT2D eigenvalue weighted by molar-refractivity contribution is -0.118. The number of hydrogen-bond acceptors (Lipinski definition) is 2. The lowest BCUT2D eigenvalue weighted by atomic mass is 9.85. The van der Waals surface area contributed by atoms with Crippen molar-refractivity contribution in [2.45, 2.75) is 58.5 Å². The van der Waals surface area contributed by atoms with Crippen LogP contribution in [0.25, 0.3) is 0 Å². The van der Waals surface area contributed by atoms with Gasteiger partial charge in [0.15, 0.2) is 0 Å². The third kappa shape index (κ3) is 4.23. The van der Waals surface area contributed by atoms with Crippen LogP contribution in [0.15, 0.2) is 0 Å². The van der Waals surface area contributed by atoms with Gasteiger partial charge in [-0.1, -0.05) is 26.2 Å². The molecule has 2 atom stereocenters. The number of Topliss-reactive ketones (excluding diaryl/α,β-unsaturated/α-hetero) is 1. The zero-order chi connectivity index (χ0) is 10.4. The molecular formula is C12H22O2. The first-order chi connectivity index (χ1) is 6.72. The van der Waals surface area contributed by atoms with Crippen molar-refractivity contribution in [1.82, 2.24) is 0 Å². The van der Waals surface area contributed by atoms with E-state index in [1.54, 1.807) is 6.92 Å². The molecule has 14 heavy (non-hydrogen) atoms. The topological polar surface area (TPSA) is 26.3 Å². The highest BCUT2D eigenvalue weighted by atomic mass is 16.5. The maximum atomic E-state index is 10.7. The van der Waals surface area contributed by atoms with Gasteiger partial charge in [0, 0.05) is 6.42 Å². The molecule has 0 N–H and O–H groups in total. The molecule has 0 aromatic carbocycles. The van der Waals surface area contributed by atoms with Crippen LogP contribution in [0, 0.1) is 5.92 Å². The Hall–Kier alpha value is -0.370. The van der Waals surface area contributed by atoms with Gasteiger partial charge in [-0.05, 0) is 25.7 Å². The van der Waals surface area contributed by atoms with Crippen LogP contribution in [0.4, 0.5) is 0 Å². The molecule has 82 valence electrons. The van der Waals surface area contributed by atoms with Crippen molar-refractivity contribution in [3.8, 4) is 0 Å². The molecule has 2 nitrogen and oxygen atoms in total. The van der Waals surface area contributed by atoms with Crippen molar-refractivity contribution < 1.29 is 9.53 Å². The molecule has 1 aliphatic rings. The van der Waals surface area contributed by atoms with E-state index in [0.29, 0.717) is 19.1 Å². The fourth-order valence-electron chi connectivity index (χ4n) is 2.13. The minimum absolute atomic E-state index is 0.229. The van der Waals surface area contributed by atoms with Gasteiger partial charge in [0.05, 0.1) is 12.7 Å². The highest BCUT2D eigenvalue weighted by molar-refractivity contribution is 5.75. The fraction of sp³-hybridized carbons (Fsp3) is 0.917. The van der Waals surface area contributed by atoms with E-state index in [1.165, 1.54) is 32.1 Å². The SMILES string of the molecule is CCC1CCCC(OCCC(C)=O)C1. The van der Waals surface area contributed by atoms with Gasteiger partial charge >= 0.3 is 0 Å². The quantitative estimate of drug-likeness (QED) is 0.679. The molecule has 2 unspecified atom stereocenters. The fourth-order valence-corrected chi connectivity index (χ4v) is 2.13. The zero-order valence-electron chi connectivity index (χ0n) is 9.42. The molecule has 0 radical (unpaired) electrons. The highest BCUT2D eigenvalue weighted by Crippen LogP contribution is 2.28. The summed E-state index contributed by atoms with van der Waals surface area (Å²) in [4.78, 5) is 10.7. The molecule has 0 aromatic heterocycles. The van der Waals surface area contributed by atoms with Crippen LogP contribution in [-0.2, 0) is 9.53 Å². The Kier molecular flexibility index (Phi) is 5.16. The molecule has 1 fully saturated rings. The van der Waals surface area contributed by atoms with Crippen molar-refractivity contribution >= 4 is 5.78 Å². The standard InChI is InChI=1S/C12H22O2/c1-3-11-5-4-6-12(9-11)14-8-7-10(2)13/h11-12H,3-9H2,1-2H3. The molecule has 2 heteroatoms. The molecule has 0 aromatic rings. The van der Waals surface area contributed by atoms with E-state index in [4.69, 9.17) is 4.74 Å².